The molecule has 4 nitrogen and oxygen atoms in total. The Hall–Kier alpha value is -2.40. The Morgan fingerprint density at radius 3 is 2.90 bits per heavy atom. The number of rotatable bonds is 5. The molecule has 0 heterocycles. The molecule has 2 aromatic carbocycles. The molecule has 5 heteroatoms. The number of benzene rings is 2. The van der Waals surface area contributed by atoms with Gasteiger partial charge in [0.2, 0.25) is 11.3 Å². The van der Waals surface area contributed by atoms with Crippen molar-refractivity contribution in [2.24, 2.45) is 0 Å². The molecule has 0 spiro atoms. The standard InChI is InChI=1S/C16H17N3OS/c1-3-10-17-16(21)19-18-11-14-13-7-5-4-6-12(13)8-9-15(14)20-2/h3-9,11H,1,10H2,2H3,(H2,17,19,21)/p+1. The van der Waals surface area contributed by atoms with Crippen molar-refractivity contribution in [2.45, 2.75) is 0 Å². The second-order valence-corrected chi connectivity index (χ2v) is 4.72. The van der Waals surface area contributed by atoms with E-state index in [2.05, 4.69) is 34.6 Å². The van der Waals surface area contributed by atoms with Gasteiger partial charge < -0.3 is 10.1 Å². The summed E-state index contributed by atoms with van der Waals surface area (Å²) in [5.41, 5.74) is 3.86. The molecule has 0 saturated heterocycles. The summed E-state index contributed by atoms with van der Waals surface area (Å²) >= 11 is 5.11. The molecular formula is C16H18N3OS+. The van der Waals surface area contributed by atoms with Crippen molar-refractivity contribution >= 4 is 34.3 Å². The van der Waals surface area contributed by atoms with E-state index in [-0.39, 0.29) is 0 Å². The Kier molecular flexibility index (Phi) is 5.29. The molecule has 2 rings (SSSR count). The molecule has 3 N–H and O–H groups in total. The van der Waals surface area contributed by atoms with Gasteiger partial charge in [-0.2, -0.15) is 0 Å². The third kappa shape index (κ3) is 3.79. The van der Waals surface area contributed by atoms with Gasteiger partial charge in [-0.1, -0.05) is 36.4 Å². The third-order valence-electron chi connectivity index (χ3n) is 2.96. The van der Waals surface area contributed by atoms with E-state index in [0.717, 1.165) is 22.1 Å². The minimum Gasteiger partial charge on any atom is -0.496 e. The van der Waals surface area contributed by atoms with Crippen LogP contribution in [0.25, 0.3) is 10.8 Å². The predicted molar refractivity (Wildman–Crippen MR) is 90.6 cm³/mol. The number of hydrazine groups is 1. The highest BCUT2D eigenvalue weighted by Crippen LogP contribution is 2.25. The normalized spacial score (nSPS) is 10.5. The molecule has 0 aliphatic carbocycles. The average Bonchev–Trinajstić information content (AvgIpc) is 2.53. The van der Waals surface area contributed by atoms with Crippen LogP contribution in [-0.4, -0.2) is 25.0 Å². The largest absolute Gasteiger partial charge is 0.496 e. The maximum absolute atomic E-state index is 5.42. The number of ether oxygens (including phenoxy) is 1. The molecular weight excluding hydrogens is 282 g/mol. The summed E-state index contributed by atoms with van der Waals surface area (Å²) in [5, 5.41) is 8.72. The highest BCUT2D eigenvalue weighted by Gasteiger charge is 2.08. The fraction of sp³-hybridized carbons (Fsp3) is 0.125. The summed E-state index contributed by atoms with van der Waals surface area (Å²) in [5.74, 6) is 0.799. The Morgan fingerprint density at radius 2 is 2.14 bits per heavy atom. The topological polar surface area (TPSA) is 47.3 Å². The van der Waals surface area contributed by atoms with E-state index < -0.39 is 0 Å². The Morgan fingerprint density at radius 1 is 1.33 bits per heavy atom. The van der Waals surface area contributed by atoms with Crippen LogP contribution in [0, 0.1) is 0 Å². The van der Waals surface area contributed by atoms with Crippen molar-refractivity contribution in [2.75, 3.05) is 13.7 Å². The lowest BCUT2D eigenvalue weighted by atomic mass is 10.0. The highest BCUT2D eigenvalue weighted by atomic mass is 32.1. The van der Waals surface area contributed by atoms with Gasteiger partial charge in [-0.25, -0.2) is 0 Å². The van der Waals surface area contributed by atoms with Crippen LogP contribution in [0.5, 0.6) is 5.75 Å². The fourth-order valence-electron chi connectivity index (χ4n) is 1.99. The van der Waals surface area contributed by atoms with Crippen LogP contribution in [0.1, 0.15) is 5.56 Å². The quantitative estimate of drug-likeness (QED) is 0.332. The van der Waals surface area contributed by atoms with Gasteiger partial charge in [-0.05, 0) is 29.1 Å². The maximum atomic E-state index is 5.42. The molecule has 0 fully saturated rings. The smallest absolute Gasteiger partial charge is 0.224 e. The van der Waals surface area contributed by atoms with Crippen molar-refractivity contribution in [3.8, 4) is 5.75 Å². The van der Waals surface area contributed by atoms with E-state index in [9.17, 15) is 0 Å². The third-order valence-corrected chi connectivity index (χ3v) is 3.21. The summed E-state index contributed by atoms with van der Waals surface area (Å²) in [6.07, 6.45) is 3.58. The van der Waals surface area contributed by atoms with Gasteiger partial charge in [-0.15, -0.1) is 17.1 Å². The first-order chi connectivity index (χ1) is 10.3. The monoisotopic (exact) mass is 300 g/mol. The van der Waals surface area contributed by atoms with Gasteiger partial charge in [0, 0.05) is 6.54 Å². The Balaban J connectivity index is 2.24. The summed E-state index contributed by atoms with van der Waals surface area (Å²) in [6, 6.07) is 12.1. The molecule has 0 aliphatic heterocycles. The molecule has 21 heavy (non-hydrogen) atoms. The van der Waals surface area contributed by atoms with E-state index in [1.807, 2.05) is 30.5 Å². The second kappa shape index (κ2) is 7.40. The van der Waals surface area contributed by atoms with Crippen LogP contribution in [0.2, 0.25) is 0 Å². The summed E-state index contributed by atoms with van der Waals surface area (Å²) in [4.78, 5) is 0. The molecule has 108 valence electrons. The van der Waals surface area contributed by atoms with Crippen LogP contribution in [0.3, 0.4) is 0 Å². The first kappa shape index (κ1) is 15.0. The van der Waals surface area contributed by atoms with E-state index in [4.69, 9.17) is 17.0 Å². The number of hydrogen-bond acceptors (Lipinski definition) is 2. The number of hydrogen-bond donors (Lipinski definition) is 3. The van der Waals surface area contributed by atoms with Crippen molar-refractivity contribution in [1.82, 2.24) is 10.7 Å². The molecule has 0 aliphatic rings. The second-order valence-electron chi connectivity index (χ2n) is 4.32. The number of hydrazone groups is 1. The molecule has 0 saturated carbocycles. The van der Waals surface area contributed by atoms with Crippen LogP contribution in [0.15, 0.2) is 49.1 Å². The van der Waals surface area contributed by atoms with Crippen molar-refractivity contribution in [3.05, 3.63) is 54.6 Å². The van der Waals surface area contributed by atoms with Gasteiger partial charge in [-0.3, -0.25) is 0 Å². The van der Waals surface area contributed by atoms with Crippen LogP contribution < -0.4 is 20.6 Å². The number of fused-ring (bicyclic) bond motifs is 1. The zero-order valence-electron chi connectivity index (χ0n) is 11.8. The average molecular weight is 300 g/mol. The highest BCUT2D eigenvalue weighted by molar-refractivity contribution is 7.80. The number of thiocarbonyl (C=S) groups is 1. The first-order valence-corrected chi connectivity index (χ1v) is 6.96. The zero-order chi connectivity index (χ0) is 15.1. The van der Waals surface area contributed by atoms with E-state index in [0.29, 0.717) is 11.7 Å². The Labute approximate surface area is 129 Å². The van der Waals surface area contributed by atoms with Crippen molar-refractivity contribution in [3.63, 3.8) is 0 Å². The fourth-order valence-corrected chi connectivity index (χ4v) is 2.13. The minimum atomic E-state index is 0.505. The van der Waals surface area contributed by atoms with Crippen LogP contribution >= 0.6 is 12.2 Å². The maximum Gasteiger partial charge on any atom is 0.224 e. The molecule has 0 amide bonds. The van der Waals surface area contributed by atoms with Gasteiger partial charge in [0.1, 0.15) is 5.75 Å². The summed E-state index contributed by atoms with van der Waals surface area (Å²) in [6.45, 7) is 4.24. The first-order valence-electron chi connectivity index (χ1n) is 6.55. The summed E-state index contributed by atoms with van der Waals surface area (Å²) < 4.78 is 5.42. The zero-order valence-corrected chi connectivity index (χ0v) is 12.7. The lowest BCUT2D eigenvalue weighted by Gasteiger charge is -2.06. The Bertz CT molecular complexity index is 682. The van der Waals surface area contributed by atoms with E-state index in [1.54, 1.807) is 13.2 Å². The predicted octanol–water partition coefficient (Wildman–Crippen LogP) is 0.913. The molecule has 0 radical (unpaired) electrons. The number of nitrogens with one attached hydrogen (secondary N) is 3. The van der Waals surface area contributed by atoms with Crippen molar-refractivity contribution in [1.29, 1.82) is 0 Å². The lowest BCUT2D eigenvalue weighted by Crippen LogP contribution is -2.82. The van der Waals surface area contributed by atoms with Gasteiger partial charge in [0.05, 0.1) is 12.7 Å². The lowest BCUT2D eigenvalue weighted by molar-refractivity contribution is -0.500. The van der Waals surface area contributed by atoms with E-state index in [1.165, 1.54) is 0 Å². The van der Waals surface area contributed by atoms with Crippen molar-refractivity contribution < 1.29 is 9.84 Å². The van der Waals surface area contributed by atoms with Crippen LogP contribution in [-0.2, 0) is 0 Å². The molecule has 0 unspecified atom stereocenters. The minimum absolute atomic E-state index is 0.505. The van der Waals surface area contributed by atoms with E-state index >= 15 is 0 Å². The van der Waals surface area contributed by atoms with Gasteiger partial charge in [0.15, 0.2) is 0 Å². The molecule has 2 aromatic rings. The van der Waals surface area contributed by atoms with Gasteiger partial charge in [0.25, 0.3) is 0 Å². The molecule has 0 bridgehead atoms. The molecule has 0 aromatic heterocycles. The summed E-state index contributed by atoms with van der Waals surface area (Å²) in [7, 11) is 1.66. The van der Waals surface area contributed by atoms with Crippen LogP contribution in [0.4, 0.5) is 0 Å². The molecule has 0 atom stereocenters. The van der Waals surface area contributed by atoms with Gasteiger partial charge >= 0.3 is 0 Å². The number of methoxy groups -OCH3 is 1. The SMILES string of the molecule is C=CCNC(=S)N[NH+]=Cc1c(OC)ccc2ccccc12.